The van der Waals surface area contributed by atoms with Crippen molar-refractivity contribution in [2.24, 2.45) is 10.9 Å². The zero-order valence-electron chi connectivity index (χ0n) is 19.8. The molecule has 0 amide bonds. The quantitative estimate of drug-likeness (QED) is 0.455. The van der Waals surface area contributed by atoms with Gasteiger partial charge in [0.05, 0.1) is 24.4 Å². The molecule has 2 aliphatic heterocycles. The molecule has 0 bridgehead atoms. The average molecular weight is 470 g/mol. The van der Waals surface area contributed by atoms with E-state index in [1.165, 1.54) is 12.1 Å². The lowest BCUT2D eigenvalue weighted by atomic mass is 9.89. The van der Waals surface area contributed by atoms with E-state index in [4.69, 9.17) is 4.99 Å². The van der Waals surface area contributed by atoms with E-state index in [1.807, 2.05) is 37.3 Å². The van der Waals surface area contributed by atoms with Gasteiger partial charge < -0.3 is 0 Å². The summed E-state index contributed by atoms with van der Waals surface area (Å²) in [5.74, 6) is -0.416. The lowest BCUT2D eigenvalue weighted by Crippen LogP contribution is -2.39. The maximum atomic E-state index is 14.0. The van der Waals surface area contributed by atoms with Gasteiger partial charge in [0.1, 0.15) is 5.82 Å². The van der Waals surface area contributed by atoms with Crippen molar-refractivity contribution in [2.45, 2.75) is 32.7 Å². The first-order valence-electron chi connectivity index (χ1n) is 12.1. The third-order valence-corrected chi connectivity index (χ3v) is 6.88. The molecule has 35 heavy (non-hydrogen) atoms. The summed E-state index contributed by atoms with van der Waals surface area (Å²) in [5.41, 5.74) is 5.83. The van der Waals surface area contributed by atoms with E-state index < -0.39 is 5.82 Å². The van der Waals surface area contributed by atoms with Gasteiger partial charge in [-0.05, 0) is 68.1 Å². The van der Waals surface area contributed by atoms with Crippen molar-refractivity contribution in [2.75, 3.05) is 19.6 Å². The molecule has 3 heterocycles. The molecule has 0 spiro atoms. The predicted molar refractivity (Wildman–Crippen MR) is 134 cm³/mol. The van der Waals surface area contributed by atoms with Crippen molar-refractivity contribution >= 4 is 17.3 Å². The van der Waals surface area contributed by atoms with Crippen molar-refractivity contribution in [3.63, 3.8) is 0 Å². The molecular weight excluding hydrogens is 441 g/mol. The van der Waals surface area contributed by atoms with E-state index in [1.54, 1.807) is 18.3 Å². The van der Waals surface area contributed by atoms with E-state index in [2.05, 4.69) is 9.88 Å². The van der Waals surface area contributed by atoms with Crippen molar-refractivity contribution < 1.29 is 14.0 Å². The highest BCUT2D eigenvalue weighted by molar-refractivity contribution is 6.16. The van der Waals surface area contributed by atoms with Crippen LogP contribution in [0.3, 0.4) is 0 Å². The molecule has 6 heteroatoms. The van der Waals surface area contributed by atoms with E-state index in [-0.39, 0.29) is 29.6 Å². The molecule has 3 aromatic rings. The van der Waals surface area contributed by atoms with Gasteiger partial charge in [-0.1, -0.05) is 24.3 Å². The summed E-state index contributed by atoms with van der Waals surface area (Å²) in [4.78, 5) is 36.9. The molecular formula is C29H28FN3O2. The molecule has 178 valence electrons. The molecule has 1 atom stereocenters. The molecule has 0 saturated carbocycles. The third-order valence-electron chi connectivity index (χ3n) is 6.88. The topological polar surface area (TPSA) is 62.6 Å². The Kier molecular flexibility index (Phi) is 6.64. The standard InChI is InChI=1S/C29H28FN3O2/c1-19-13-22(10-11-31-19)29-25-15-21(8-9-23(25)16-32-29)27(34)14-20-5-4-12-33(17-20)18-28(35)24-6-2-3-7-26(24)30/h2-3,6-11,13,15,20H,4-5,12,14,16-18H2,1H3/t20-/m0/s1. The fraction of sp³-hybridized carbons (Fsp3) is 0.310. The second-order valence-corrected chi connectivity index (χ2v) is 9.50. The Morgan fingerprint density at radius 3 is 2.77 bits per heavy atom. The lowest BCUT2D eigenvalue weighted by Gasteiger charge is -2.32. The number of nitrogens with zero attached hydrogens (tertiary/aromatic N) is 3. The number of rotatable bonds is 7. The minimum atomic E-state index is -0.484. The Bertz CT molecular complexity index is 1320. The van der Waals surface area contributed by atoms with Gasteiger partial charge in [0.2, 0.25) is 0 Å². The number of likely N-dealkylation sites (tertiary alicyclic amines) is 1. The van der Waals surface area contributed by atoms with Crippen LogP contribution in [0.1, 0.15) is 62.4 Å². The first-order chi connectivity index (χ1) is 17.0. The van der Waals surface area contributed by atoms with Crippen LogP contribution >= 0.6 is 0 Å². The summed E-state index contributed by atoms with van der Waals surface area (Å²) in [6.45, 7) is 4.20. The van der Waals surface area contributed by atoms with Crippen molar-refractivity contribution in [3.05, 3.63) is 100 Å². The Labute approximate surface area is 204 Å². The van der Waals surface area contributed by atoms with Gasteiger partial charge in [0.15, 0.2) is 11.6 Å². The van der Waals surface area contributed by atoms with Crippen LogP contribution in [0, 0.1) is 18.7 Å². The van der Waals surface area contributed by atoms with Gasteiger partial charge in [0.25, 0.3) is 0 Å². The van der Waals surface area contributed by atoms with Gasteiger partial charge in [-0.2, -0.15) is 0 Å². The molecule has 2 aliphatic rings. The van der Waals surface area contributed by atoms with Crippen LogP contribution < -0.4 is 0 Å². The summed E-state index contributed by atoms with van der Waals surface area (Å²) >= 11 is 0. The number of benzene rings is 2. The minimum Gasteiger partial charge on any atom is -0.296 e. The normalized spacial score (nSPS) is 17.7. The smallest absolute Gasteiger partial charge is 0.179 e. The zero-order valence-corrected chi connectivity index (χ0v) is 19.8. The number of Topliss-reactive ketones (excluding diaryl/α,β-unsaturated/α-hetero) is 2. The number of hydrogen-bond donors (Lipinski definition) is 0. The maximum absolute atomic E-state index is 14.0. The average Bonchev–Trinajstić information content (AvgIpc) is 3.28. The van der Waals surface area contributed by atoms with Crippen molar-refractivity contribution in [3.8, 4) is 0 Å². The van der Waals surface area contributed by atoms with E-state index in [0.717, 1.165) is 47.5 Å². The van der Waals surface area contributed by atoms with Crippen LogP contribution in [0.25, 0.3) is 0 Å². The fourth-order valence-electron chi connectivity index (χ4n) is 5.11. The molecule has 0 radical (unpaired) electrons. The number of aliphatic imine (C=N–C) groups is 1. The van der Waals surface area contributed by atoms with Gasteiger partial charge in [-0.25, -0.2) is 4.39 Å². The second-order valence-electron chi connectivity index (χ2n) is 9.50. The highest BCUT2D eigenvalue weighted by Crippen LogP contribution is 2.27. The van der Waals surface area contributed by atoms with E-state index in [0.29, 0.717) is 25.1 Å². The second kappa shape index (κ2) is 10.0. The number of pyridine rings is 1. The van der Waals surface area contributed by atoms with Gasteiger partial charge in [0, 0.05) is 41.5 Å². The van der Waals surface area contributed by atoms with Gasteiger partial charge in [-0.3, -0.25) is 24.5 Å². The van der Waals surface area contributed by atoms with Crippen LogP contribution in [0.4, 0.5) is 4.39 Å². The molecule has 1 aromatic heterocycles. The van der Waals surface area contributed by atoms with Crippen molar-refractivity contribution in [1.82, 2.24) is 9.88 Å². The zero-order chi connectivity index (χ0) is 24.4. The molecule has 5 nitrogen and oxygen atoms in total. The summed E-state index contributed by atoms with van der Waals surface area (Å²) in [6.07, 6.45) is 4.09. The van der Waals surface area contributed by atoms with Crippen LogP contribution in [0.15, 0.2) is 65.8 Å². The van der Waals surface area contributed by atoms with Crippen LogP contribution in [-0.2, 0) is 6.54 Å². The van der Waals surface area contributed by atoms with Crippen LogP contribution in [0.2, 0.25) is 0 Å². The lowest BCUT2D eigenvalue weighted by molar-refractivity contribution is 0.0848. The van der Waals surface area contributed by atoms with Crippen LogP contribution in [-0.4, -0.2) is 46.8 Å². The number of aromatic nitrogens is 1. The number of aryl methyl sites for hydroxylation is 1. The van der Waals surface area contributed by atoms with Gasteiger partial charge >= 0.3 is 0 Å². The number of halogens is 1. The summed E-state index contributed by atoms with van der Waals surface area (Å²) in [6, 6.07) is 16.0. The van der Waals surface area contributed by atoms with Crippen LogP contribution in [0.5, 0.6) is 0 Å². The number of fused-ring (bicyclic) bond motifs is 1. The number of ketones is 2. The Hall–Kier alpha value is -3.51. The number of carbonyl (C=O) groups excluding carboxylic acids is 2. The Balaban J connectivity index is 1.25. The SMILES string of the molecule is Cc1cc(C2=NCc3ccc(C(=O)C[C@@H]4CCCN(CC(=O)c5ccccc5F)C4)cc32)ccn1. The van der Waals surface area contributed by atoms with Gasteiger partial charge in [-0.15, -0.1) is 0 Å². The molecule has 0 N–H and O–H groups in total. The molecule has 5 rings (SSSR count). The highest BCUT2D eigenvalue weighted by atomic mass is 19.1. The molecule has 0 aliphatic carbocycles. The monoisotopic (exact) mass is 469 g/mol. The van der Waals surface area contributed by atoms with E-state index >= 15 is 0 Å². The Morgan fingerprint density at radius 2 is 1.94 bits per heavy atom. The number of hydrogen-bond acceptors (Lipinski definition) is 5. The molecule has 1 fully saturated rings. The predicted octanol–water partition coefficient (Wildman–Crippen LogP) is 5.05. The summed E-state index contributed by atoms with van der Waals surface area (Å²) in [5, 5.41) is 0. The number of carbonyl (C=O) groups is 2. The summed E-state index contributed by atoms with van der Waals surface area (Å²) in [7, 11) is 0. The minimum absolute atomic E-state index is 0.109. The maximum Gasteiger partial charge on any atom is 0.179 e. The largest absolute Gasteiger partial charge is 0.296 e. The highest BCUT2D eigenvalue weighted by Gasteiger charge is 2.26. The molecule has 2 aromatic carbocycles. The summed E-state index contributed by atoms with van der Waals surface area (Å²) < 4.78 is 14.0. The molecule has 1 saturated heterocycles. The fourth-order valence-corrected chi connectivity index (χ4v) is 5.11. The first-order valence-corrected chi connectivity index (χ1v) is 12.1. The molecule has 0 unspecified atom stereocenters. The van der Waals surface area contributed by atoms with E-state index in [9.17, 15) is 14.0 Å². The third kappa shape index (κ3) is 5.13. The number of piperidine rings is 1. The Morgan fingerprint density at radius 1 is 1.09 bits per heavy atom. The first kappa shape index (κ1) is 23.2. The van der Waals surface area contributed by atoms with Crippen molar-refractivity contribution in [1.29, 1.82) is 0 Å².